The van der Waals surface area contributed by atoms with Crippen LogP contribution < -0.4 is 5.32 Å². The number of rotatable bonds is 3. The number of carbonyl (C=O) groups is 1. The Morgan fingerprint density at radius 1 is 1.22 bits per heavy atom. The lowest BCUT2D eigenvalue weighted by Crippen LogP contribution is -2.17. The molecule has 4 nitrogen and oxygen atoms in total. The number of aromatic nitrogens is 2. The van der Waals surface area contributed by atoms with Crippen molar-refractivity contribution in [3.63, 3.8) is 0 Å². The van der Waals surface area contributed by atoms with Gasteiger partial charge < -0.3 is 5.32 Å². The number of anilines is 1. The summed E-state index contributed by atoms with van der Waals surface area (Å²) in [7, 11) is 0. The van der Waals surface area contributed by atoms with Gasteiger partial charge in [-0.25, -0.2) is 4.68 Å². The maximum Gasteiger partial charge on any atom is 0.258 e. The molecule has 138 valence electrons. The predicted octanol–water partition coefficient (Wildman–Crippen LogP) is 5.90. The Balaban J connectivity index is 1.78. The average molecular weight is 463 g/mol. The first-order valence-corrected chi connectivity index (χ1v) is 10.8. The van der Waals surface area contributed by atoms with Gasteiger partial charge >= 0.3 is 0 Å². The maximum absolute atomic E-state index is 12.9. The highest BCUT2D eigenvalue weighted by Crippen LogP contribution is 2.37. The van der Waals surface area contributed by atoms with Crippen LogP contribution in [0, 0.1) is 13.8 Å². The van der Waals surface area contributed by atoms with E-state index in [4.69, 9.17) is 16.7 Å². The molecule has 0 bridgehead atoms. The molecular formula is C20H17BrClN3OS. The number of nitrogens with one attached hydrogen (secondary N) is 1. The lowest BCUT2D eigenvalue weighted by atomic mass is 10.1. The minimum Gasteiger partial charge on any atom is -0.306 e. The van der Waals surface area contributed by atoms with Crippen molar-refractivity contribution in [2.24, 2.45) is 0 Å². The van der Waals surface area contributed by atoms with Gasteiger partial charge in [-0.05, 0) is 43.7 Å². The zero-order valence-corrected chi connectivity index (χ0v) is 18.0. The van der Waals surface area contributed by atoms with Gasteiger partial charge in [0.1, 0.15) is 5.82 Å². The first-order valence-electron chi connectivity index (χ1n) is 8.46. The first-order chi connectivity index (χ1) is 12.9. The topological polar surface area (TPSA) is 46.9 Å². The summed E-state index contributed by atoms with van der Waals surface area (Å²) in [6.45, 7) is 4.12. The summed E-state index contributed by atoms with van der Waals surface area (Å²) in [5.41, 5.74) is 5.81. The summed E-state index contributed by atoms with van der Waals surface area (Å²) in [4.78, 5) is 12.9. The van der Waals surface area contributed by atoms with E-state index in [9.17, 15) is 4.79 Å². The fraction of sp³-hybridized carbons (Fsp3) is 0.200. The van der Waals surface area contributed by atoms with E-state index in [1.807, 2.05) is 16.8 Å². The third-order valence-electron chi connectivity index (χ3n) is 4.54. The summed E-state index contributed by atoms with van der Waals surface area (Å²) in [5, 5.41) is 8.25. The summed E-state index contributed by atoms with van der Waals surface area (Å²) in [5.74, 6) is 2.17. The minimum absolute atomic E-state index is 0.244. The molecular weight excluding hydrogens is 446 g/mol. The molecule has 0 unspecified atom stereocenters. The Morgan fingerprint density at radius 2 is 2.04 bits per heavy atom. The fourth-order valence-corrected chi connectivity index (χ4v) is 4.80. The molecule has 4 rings (SSSR count). The van der Waals surface area contributed by atoms with Gasteiger partial charge in [0.05, 0.1) is 22.0 Å². The smallest absolute Gasteiger partial charge is 0.258 e. The highest BCUT2D eigenvalue weighted by Gasteiger charge is 2.26. The molecule has 0 saturated carbocycles. The molecule has 0 aliphatic carbocycles. The standard InChI is InChI=1S/C20H17BrClN3OS/c1-11-3-6-18(12(2)7-11)25-19(15-9-27-10-17(15)24-25)23-20(26)14-8-13(21)4-5-16(14)22/h3-8H,9-10H2,1-2H3,(H,23,26). The fourth-order valence-electron chi connectivity index (χ4n) is 3.21. The monoisotopic (exact) mass is 461 g/mol. The predicted molar refractivity (Wildman–Crippen MR) is 115 cm³/mol. The van der Waals surface area contributed by atoms with E-state index in [1.54, 1.807) is 23.9 Å². The van der Waals surface area contributed by atoms with Crippen molar-refractivity contribution >= 4 is 51.0 Å². The highest BCUT2D eigenvalue weighted by molar-refractivity contribution is 9.10. The lowest BCUT2D eigenvalue weighted by Gasteiger charge is -2.14. The number of thioether (sulfide) groups is 1. The molecule has 2 heterocycles. The summed E-state index contributed by atoms with van der Waals surface area (Å²) < 4.78 is 2.66. The summed E-state index contributed by atoms with van der Waals surface area (Å²) in [6, 6.07) is 11.5. The largest absolute Gasteiger partial charge is 0.306 e. The van der Waals surface area contributed by atoms with Gasteiger partial charge in [-0.1, -0.05) is 45.2 Å². The molecule has 0 fully saturated rings. The molecule has 1 N–H and O–H groups in total. The number of carbonyl (C=O) groups excluding carboxylic acids is 1. The Morgan fingerprint density at radius 3 is 2.81 bits per heavy atom. The van der Waals surface area contributed by atoms with Gasteiger partial charge in [0.15, 0.2) is 0 Å². The van der Waals surface area contributed by atoms with Crippen LogP contribution in [0.5, 0.6) is 0 Å². The van der Waals surface area contributed by atoms with Gasteiger partial charge in [-0.2, -0.15) is 16.9 Å². The van der Waals surface area contributed by atoms with Crippen LogP contribution in [0.2, 0.25) is 5.02 Å². The van der Waals surface area contributed by atoms with Crippen molar-refractivity contribution in [1.82, 2.24) is 9.78 Å². The van der Waals surface area contributed by atoms with Crippen LogP contribution in [0.25, 0.3) is 5.69 Å². The Bertz CT molecular complexity index is 1060. The Labute approximate surface area is 175 Å². The number of hydrogen-bond donors (Lipinski definition) is 1. The summed E-state index contributed by atoms with van der Waals surface area (Å²) >= 11 is 11.4. The molecule has 0 atom stereocenters. The second-order valence-electron chi connectivity index (χ2n) is 6.55. The zero-order valence-electron chi connectivity index (χ0n) is 14.8. The van der Waals surface area contributed by atoms with Crippen LogP contribution in [0.15, 0.2) is 40.9 Å². The lowest BCUT2D eigenvalue weighted by molar-refractivity contribution is 0.102. The van der Waals surface area contributed by atoms with Crippen molar-refractivity contribution in [2.45, 2.75) is 25.4 Å². The number of aryl methyl sites for hydroxylation is 2. The Hall–Kier alpha value is -1.76. The second-order valence-corrected chi connectivity index (χ2v) is 8.86. The first kappa shape index (κ1) is 18.6. The molecule has 0 radical (unpaired) electrons. The van der Waals surface area contributed by atoms with Crippen molar-refractivity contribution in [3.05, 3.63) is 73.8 Å². The minimum atomic E-state index is -0.244. The zero-order chi connectivity index (χ0) is 19.1. The van der Waals surface area contributed by atoms with Gasteiger partial charge in [-0.15, -0.1) is 0 Å². The number of nitrogens with zero attached hydrogens (tertiary/aromatic N) is 2. The SMILES string of the molecule is Cc1ccc(-n2nc3c(c2NC(=O)c2cc(Br)ccc2Cl)CSC3)c(C)c1. The Kier molecular flexibility index (Phi) is 5.05. The number of benzene rings is 2. The van der Waals surface area contributed by atoms with Crippen LogP contribution in [0.3, 0.4) is 0 Å². The van der Waals surface area contributed by atoms with Crippen LogP contribution >= 0.6 is 39.3 Å². The van der Waals surface area contributed by atoms with Crippen LogP contribution in [0.4, 0.5) is 5.82 Å². The van der Waals surface area contributed by atoms with Crippen LogP contribution in [-0.2, 0) is 11.5 Å². The third kappa shape index (κ3) is 3.53. The van der Waals surface area contributed by atoms with Crippen molar-refractivity contribution in [2.75, 3.05) is 5.32 Å². The van der Waals surface area contributed by atoms with Gasteiger partial charge in [-0.3, -0.25) is 4.79 Å². The molecule has 0 saturated heterocycles. The number of hydrogen-bond acceptors (Lipinski definition) is 3. The quantitative estimate of drug-likeness (QED) is 0.527. The van der Waals surface area contributed by atoms with E-state index in [0.29, 0.717) is 10.6 Å². The summed E-state index contributed by atoms with van der Waals surface area (Å²) in [6.07, 6.45) is 0. The molecule has 1 amide bonds. The molecule has 1 aliphatic heterocycles. The van der Waals surface area contributed by atoms with Crippen molar-refractivity contribution in [3.8, 4) is 5.69 Å². The third-order valence-corrected chi connectivity index (χ3v) is 6.33. The van der Waals surface area contributed by atoms with Gasteiger partial charge in [0.25, 0.3) is 5.91 Å². The van der Waals surface area contributed by atoms with E-state index in [-0.39, 0.29) is 5.91 Å². The normalized spacial score (nSPS) is 12.9. The van der Waals surface area contributed by atoms with Crippen molar-refractivity contribution < 1.29 is 4.79 Å². The van der Waals surface area contributed by atoms with E-state index in [0.717, 1.165) is 44.3 Å². The van der Waals surface area contributed by atoms with E-state index >= 15 is 0 Å². The molecule has 1 aliphatic rings. The van der Waals surface area contributed by atoms with Crippen LogP contribution in [0.1, 0.15) is 32.7 Å². The second kappa shape index (κ2) is 7.34. The van der Waals surface area contributed by atoms with Crippen LogP contribution in [-0.4, -0.2) is 15.7 Å². The van der Waals surface area contributed by atoms with Crippen molar-refractivity contribution in [1.29, 1.82) is 0 Å². The molecule has 2 aromatic carbocycles. The molecule has 27 heavy (non-hydrogen) atoms. The van der Waals surface area contributed by atoms with E-state index < -0.39 is 0 Å². The molecule has 0 spiro atoms. The molecule has 1 aromatic heterocycles. The highest BCUT2D eigenvalue weighted by atomic mass is 79.9. The molecule has 7 heteroatoms. The average Bonchev–Trinajstić information content (AvgIpc) is 3.20. The molecule has 3 aromatic rings. The van der Waals surface area contributed by atoms with E-state index in [2.05, 4.69) is 47.2 Å². The van der Waals surface area contributed by atoms with Gasteiger partial charge in [0.2, 0.25) is 0 Å². The van der Waals surface area contributed by atoms with E-state index in [1.165, 1.54) is 5.56 Å². The maximum atomic E-state index is 12.9. The van der Waals surface area contributed by atoms with Gasteiger partial charge in [0, 0.05) is 21.5 Å². The number of amides is 1. The number of halogens is 2. The number of fused-ring (bicyclic) bond motifs is 1.